The molecule has 1 heterocycles. The molecular formula is C22H20O3. The van der Waals surface area contributed by atoms with Crippen LogP contribution in [0.3, 0.4) is 0 Å². The summed E-state index contributed by atoms with van der Waals surface area (Å²) in [5.74, 6) is 1.77. The molecule has 4 rings (SSSR count). The van der Waals surface area contributed by atoms with E-state index in [1.54, 1.807) is 0 Å². The number of benzene rings is 2. The summed E-state index contributed by atoms with van der Waals surface area (Å²) in [5.41, 5.74) is 2.33. The highest BCUT2D eigenvalue weighted by molar-refractivity contribution is 6.02. The van der Waals surface area contributed by atoms with Gasteiger partial charge >= 0.3 is 0 Å². The summed E-state index contributed by atoms with van der Waals surface area (Å²) < 4.78 is 6.04. The van der Waals surface area contributed by atoms with Crippen molar-refractivity contribution in [1.29, 1.82) is 0 Å². The van der Waals surface area contributed by atoms with Crippen LogP contribution < -0.4 is 4.74 Å². The van der Waals surface area contributed by atoms with Crippen molar-refractivity contribution in [2.24, 2.45) is 5.92 Å². The van der Waals surface area contributed by atoms with Gasteiger partial charge in [0.15, 0.2) is 11.6 Å². The summed E-state index contributed by atoms with van der Waals surface area (Å²) in [4.78, 5) is 25.5. The van der Waals surface area contributed by atoms with E-state index in [9.17, 15) is 9.59 Å². The van der Waals surface area contributed by atoms with Crippen LogP contribution in [0.25, 0.3) is 0 Å². The van der Waals surface area contributed by atoms with E-state index in [1.807, 2.05) is 54.6 Å². The Bertz CT molecular complexity index is 864. The maximum Gasteiger partial charge on any atom is 0.163 e. The fourth-order valence-electron chi connectivity index (χ4n) is 3.85. The molecule has 2 aliphatic rings. The number of allylic oxidation sites excluding steroid dienone is 2. The lowest BCUT2D eigenvalue weighted by molar-refractivity contribution is -0.117. The van der Waals surface area contributed by atoms with E-state index in [4.69, 9.17) is 4.74 Å². The summed E-state index contributed by atoms with van der Waals surface area (Å²) in [6, 6.07) is 17.0. The van der Waals surface area contributed by atoms with E-state index in [-0.39, 0.29) is 23.4 Å². The number of hydrogen-bond donors (Lipinski definition) is 0. The fraction of sp³-hybridized carbons (Fsp3) is 0.273. The zero-order valence-electron chi connectivity index (χ0n) is 14.2. The minimum absolute atomic E-state index is 0.0561. The van der Waals surface area contributed by atoms with Gasteiger partial charge in [0.25, 0.3) is 0 Å². The number of hydrogen-bond acceptors (Lipinski definition) is 3. The van der Waals surface area contributed by atoms with Crippen LogP contribution in [-0.4, -0.2) is 11.6 Å². The van der Waals surface area contributed by atoms with Crippen molar-refractivity contribution >= 4 is 11.6 Å². The zero-order chi connectivity index (χ0) is 17.4. The Kier molecular flexibility index (Phi) is 4.00. The van der Waals surface area contributed by atoms with Crippen LogP contribution in [0.4, 0.5) is 0 Å². The van der Waals surface area contributed by atoms with E-state index in [2.05, 4.69) is 6.92 Å². The van der Waals surface area contributed by atoms with Crippen molar-refractivity contribution in [3.05, 3.63) is 77.1 Å². The zero-order valence-corrected chi connectivity index (χ0v) is 14.2. The quantitative estimate of drug-likeness (QED) is 0.766. The third kappa shape index (κ3) is 2.91. The lowest BCUT2D eigenvalue weighted by Gasteiger charge is -2.34. The van der Waals surface area contributed by atoms with Crippen LogP contribution >= 0.6 is 0 Å². The Morgan fingerprint density at radius 3 is 2.56 bits per heavy atom. The van der Waals surface area contributed by atoms with Crippen molar-refractivity contribution < 1.29 is 14.3 Å². The van der Waals surface area contributed by atoms with Gasteiger partial charge in [-0.15, -0.1) is 0 Å². The number of ketones is 2. The molecule has 1 aliphatic carbocycles. The topological polar surface area (TPSA) is 43.4 Å². The average Bonchev–Trinajstić information content (AvgIpc) is 2.61. The summed E-state index contributed by atoms with van der Waals surface area (Å²) >= 11 is 0. The molecule has 2 atom stereocenters. The number of ether oxygens (including phenoxy) is 1. The normalized spacial score (nSPS) is 22.0. The molecule has 2 aromatic rings. The van der Waals surface area contributed by atoms with Crippen LogP contribution in [-0.2, 0) is 4.79 Å². The Morgan fingerprint density at radius 2 is 1.76 bits per heavy atom. The van der Waals surface area contributed by atoms with Crippen molar-refractivity contribution in [3.8, 4) is 5.75 Å². The first-order chi connectivity index (χ1) is 12.1. The number of fused-ring (bicyclic) bond motifs is 1. The Hall–Kier alpha value is -2.68. The minimum Gasteiger partial charge on any atom is -0.461 e. The van der Waals surface area contributed by atoms with Gasteiger partial charge in [-0.2, -0.15) is 0 Å². The van der Waals surface area contributed by atoms with Gasteiger partial charge < -0.3 is 4.74 Å². The molecule has 0 saturated carbocycles. The molecule has 25 heavy (non-hydrogen) atoms. The molecule has 0 radical (unpaired) electrons. The Morgan fingerprint density at radius 1 is 1.04 bits per heavy atom. The molecule has 3 heteroatoms. The van der Waals surface area contributed by atoms with Crippen molar-refractivity contribution in [2.75, 3.05) is 0 Å². The van der Waals surface area contributed by atoms with Crippen LogP contribution in [0.1, 0.15) is 48.0 Å². The molecule has 0 saturated heterocycles. The van der Waals surface area contributed by atoms with Crippen LogP contribution in [0.5, 0.6) is 5.75 Å². The largest absolute Gasteiger partial charge is 0.461 e. The second-order valence-electron chi connectivity index (χ2n) is 6.96. The highest BCUT2D eigenvalue weighted by Crippen LogP contribution is 2.46. The third-order valence-electron chi connectivity index (χ3n) is 5.03. The average molecular weight is 332 g/mol. The van der Waals surface area contributed by atoms with Crippen molar-refractivity contribution in [1.82, 2.24) is 0 Å². The van der Waals surface area contributed by atoms with Gasteiger partial charge in [0.05, 0.1) is 0 Å². The Labute approximate surface area is 147 Å². The van der Waals surface area contributed by atoms with Gasteiger partial charge in [-0.25, -0.2) is 0 Å². The predicted molar refractivity (Wildman–Crippen MR) is 95.6 cm³/mol. The molecule has 0 bridgehead atoms. The summed E-state index contributed by atoms with van der Waals surface area (Å²) in [6.07, 6.45) is 1.58. The summed E-state index contributed by atoms with van der Waals surface area (Å²) in [6.45, 7) is 2.07. The van der Waals surface area contributed by atoms with Crippen LogP contribution in [0, 0.1) is 5.92 Å². The predicted octanol–water partition coefficient (Wildman–Crippen LogP) is 4.69. The van der Waals surface area contributed by atoms with E-state index in [0.29, 0.717) is 24.0 Å². The molecule has 0 N–H and O–H groups in total. The minimum atomic E-state index is -0.215. The van der Waals surface area contributed by atoms with Crippen LogP contribution in [0.2, 0.25) is 0 Å². The van der Waals surface area contributed by atoms with Gasteiger partial charge in [-0.3, -0.25) is 9.59 Å². The molecule has 2 unspecified atom stereocenters. The highest BCUT2D eigenvalue weighted by Gasteiger charge is 2.38. The molecule has 0 aromatic heterocycles. The highest BCUT2D eigenvalue weighted by atomic mass is 16.5. The summed E-state index contributed by atoms with van der Waals surface area (Å²) in [5, 5.41) is 0. The number of carbonyl (C=O) groups is 2. The van der Waals surface area contributed by atoms with E-state index >= 15 is 0 Å². The number of para-hydroxylation sites is 1. The molecule has 0 amide bonds. The first-order valence-electron chi connectivity index (χ1n) is 8.74. The standard InChI is InChI=1S/C22H20O3/c1-14-11-19(24)22-17(13-18(23)15-7-3-2-4-8-15)16-9-5-6-10-20(16)25-21(22)12-14/h2-10,14,17H,11-13H2,1H3. The molecule has 3 nitrogen and oxygen atoms in total. The first-order valence-corrected chi connectivity index (χ1v) is 8.74. The first kappa shape index (κ1) is 15.8. The van der Waals surface area contributed by atoms with Gasteiger partial charge in [-0.05, 0) is 12.0 Å². The molecule has 0 spiro atoms. The maximum absolute atomic E-state index is 12.8. The molecule has 0 fully saturated rings. The van der Waals surface area contributed by atoms with Gasteiger partial charge in [0.2, 0.25) is 0 Å². The lowest BCUT2D eigenvalue weighted by Crippen LogP contribution is -2.29. The smallest absolute Gasteiger partial charge is 0.163 e. The van der Waals surface area contributed by atoms with Gasteiger partial charge in [0, 0.05) is 41.9 Å². The molecular weight excluding hydrogens is 312 g/mol. The SMILES string of the molecule is CC1CC(=O)C2=C(C1)Oc1ccccc1C2CC(=O)c1ccccc1. The van der Waals surface area contributed by atoms with E-state index in [0.717, 1.165) is 23.5 Å². The van der Waals surface area contributed by atoms with Gasteiger partial charge in [0.1, 0.15) is 11.5 Å². The van der Waals surface area contributed by atoms with E-state index in [1.165, 1.54) is 0 Å². The van der Waals surface area contributed by atoms with Gasteiger partial charge in [-0.1, -0.05) is 55.5 Å². The number of carbonyl (C=O) groups excluding carboxylic acids is 2. The summed E-state index contributed by atoms with van der Waals surface area (Å²) in [7, 11) is 0. The fourth-order valence-corrected chi connectivity index (χ4v) is 3.85. The Balaban J connectivity index is 1.75. The number of rotatable bonds is 3. The second-order valence-corrected chi connectivity index (χ2v) is 6.96. The number of Topliss-reactive ketones (excluding diaryl/α,β-unsaturated/α-hetero) is 2. The monoisotopic (exact) mass is 332 g/mol. The lowest BCUT2D eigenvalue weighted by atomic mass is 9.75. The van der Waals surface area contributed by atoms with Crippen molar-refractivity contribution in [2.45, 2.75) is 32.1 Å². The van der Waals surface area contributed by atoms with Crippen LogP contribution in [0.15, 0.2) is 65.9 Å². The third-order valence-corrected chi connectivity index (χ3v) is 5.03. The second kappa shape index (κ2) is 6.32. The van der Waals surface area contributed by atoms with E-state index < -0.39 is 0 Å². The maximum atomic E-state index is 12.8. The molecule has 1 aliphatic heterocycles. The molecule has 2 aromatic carbocycles. The van der Waals surface area contributed by atoms with Crippen molar-refractivity contribution in [3.63, 3.8) is 0 Å². The molecule has 126 valence electrons.